The van der Waals surface area contributed by atoms with Crippen LogP contribution in [0, 0.1) is 0 Å². The number of hydrogen-bond acceptors (Lipinski definition) is 0. The minimum atomic E-state index is -0.979. The first kappa shape index (κ1) is 6.92. The van der Waals surface area contributed by atoms with Crippen LogP contribution in [0.2, 0.25) is 0 Å². The molecule has 1 unspecified atom stereocenters. The van der Waals surface area contributed by atoms with E-state index in [1.807, 2.05) is 0 Å². The monoisotopic (exact) mass is 215 g/mol. The Bertz CT molecular complexity index is 38.5. The molecule has 0 fully saturated rings. The molecule has 0 saturated heterocycles. The lowest BCUT2D eigenvalue weighted by atomic mass is 10.5. The summed E-state index contributed by atoms with van der Waals surface area (Å²) >= 11 is 5.89. The SMILES string of the molecule is CC([O])(Br)CBr. The van der Waals surface area contributed by atoms with Crippen LogP contribution in [-0.2, 0) is 5.11 Å². The van der Waals surface area contributed by atoms with E-state index >= 15 is 0 Å². The van der Waals surface area contributed by atoms with Crippen LogP contribution in [0.25, 0.3) is 0 Å². The summed E-state index contributed by atoms with van der Waals surface area (Å²) in [4.78, 5) is 0. The molecular formula is C3H5Br2O. The van der Waals surface area contributed by atoms with Crippen LogP contribution in [-0.4, -0.2) is 9.84 Å². The Morgan fingerprint density at radius 3 is 2.00 bits per heavy atom. The molecule has 0 rings (SSSR count). The van der Waals surface area contributed by atoms with Gasteiger partial charge in [0.05, 0.1) is 0 Å². The first-order chi connectivity index (χ1) is 2.56. The molecule has 37 valence electrons. The van der Waals surface area contributed by atoms with Gasteiger partial charge in [0.1, 0.15) is 0 Å². The van der Waals surface area contributed by atoms with Crippen molar-refractivity contribution in [3.8, 4) is 0 Å². The second-order valence-corrected chi connectivity index (χ2v) is 3.47. The molecule has 0 aliphatic rings. The Morgan fingerprint density at radius 1 is 1.83 bits per heavy atom. The van der Waals surface area contributed by atoms with E-state index in [1.54, 1.807) is 6.92 Å². The minimum absolute atomic E-state index is 0.444. The topological polar surface area (TPSA) is 19.9 Å². The molecule has 0 amide bonds. The van der Waals surface area contributed by atoms with Gasteiger partial charge in [-0.2, -0.15) is 0 Å². The van der Waals surface area contributed by atoms with Gasteiger partial charge in [-0.1, -0.05) is 15.9 Å². The summed E-state index contributed by atoms with van der Waals surface area (Å²) in [6.07, 6.45) is 0. The smallest absolute Gasteiger partial charge is 0.164 e. The summed E-state index contributed by atoms with van der Waals surface area (Å²) in [7, 11) is 0. The maximum atomic E-state index is 10.3. The van der Waals surface area contributed by atoms with Crippen molar-refractivity contribution in [2.45, 2.75) is 11.4 Å². The van der Waals surface area contributed by atoms with Gasteiger partial charge in [-0.15, -0.1) is 0 Å². The molecule has 0 aromatic rings. The molecule has 0 aromatic carbocycles. The van der Waals surface area contributed by atoms with Gasteiger partial charge in [0, 0.05) is 5.33 Å². The van der Waals surface area contributed by atoms with Gasteiger partial charge in [-0.05, 0) is 22.9 Å². The molecule has 1 radical (unpaired) electrons. The highest BCUT2D eigenvalue weighted by atomic mass is 79.9. The highest BCUT2D eigenvalue weighted by Crippen LogP contribution is 2.15. The highest BCUT2D eigenvalue weighted by molar-refractivity contribution is 9.12. The van der Waals surface area contributed by atoms with Crippen molar-refractivity contribution in [3.05, 3.63) is 0 Å². The zero-order valence-corrected chi connectivity index (χ0v) is 6.54. The van der Waals surface area contributed by atoms with Gasteiger partial charge in [0.15, 0.2) is 4.51 Å². The third-order valence-electron chi connectivity index (χ3n) is 0.239. The quantitative estimate of drug-likeness (QED) is 0.598. The average molecular weight is 217 g/mol. The van der Waals surface area contributed by atoms with Crippen LogP contribution < -0.4 is 0 Å². The molecular weight excluding hydrogens is 212 g/mol. The largest absolute Gasteiger partial charge is 0.216 e. The Morgan fingerprint density at radius 2 is 2.00 bits per heavy atom. The molecule has 0 saturated carbocycles. The van der Waals surface area contributed by atoms with Crippen molar-refractivity contribution in [1.29, 1.82) is 0 Å². The molecule has 0 bridgehead atoms. The molecule has 0 N–H and O–H groups in total. The molecule has 0 aliphatic carbocycles. The molecule has 0 aliphatic heterocycles. The van der Waals surface area contributed by atoms with E-state index in [2.05, 4.69) is 31.9 Å². The number of halogens is 2. The van der Waals surface area contributed by atoms with Crippen LogP contribution >= 0.6 is 31.9 Å². The summed E-state index contributed by atoms with van der Waals surface area (Å²) in [6.45, 7) is 1.56. The number of rotatable bonds is 1. The zero-order chi connectivity index (χ0) is 5.21. The van der Waals surface area contributed by atoms with Crippen molar-refractivity contribution in [2.75, 3.05) is 5.33 Å². The van der Waals surface area contributed by atoms with Gasteiger partial charge in [0.25, 0.3) is 0 Å². The van der Waals surface area contributed by atoms with Crippen molar-refractivity contribution in [2.24, 2.45) is 0 Å². The summed E-state index contributed by atoms with van der Waals surface area (Å²) in [6, 6.07) is 0. The fourth-order valence-electron chi connectivity index (χ4n) is 0. The Hall–Kier alpha value is 0.920. The van der Waals surface area contributed by atoms with Crippen LogP contribution in [0.3, 0.4) is 0 Å². The Kier molecular flexibility index (Phi) is 2.63. The van der Waals surface area contributed by atoms with E-state index in [0.29, 0.717) is 5.33 Å². The summed E-state index contributed by atoms with van der Waals surface area (Å²) in [5.41, 5.74) is 0. The molecule has 3 heteroatoms. The third kappa shape index (κ3) is 4.92. The maximum Gasteiger partial charge on any atom is 0.164 e. The molecule has 0 aromatic heterocycles. The Balaban J connectivity index is 3.17. The second-order valence-electron chi connectivity index (χ2n) is 1.24. The average Bonchev–Trinajstić information content (AvgIpc) is 1.35. The molecule has 1 atom stereocenters. The predicted octanol–water partition coefficient (Wildman–Crippen LogP) is 1.92. The van der Waals surface area contributed by atoms with Crippen molar-refractivity contribution >= 4 is 31.9 Å². The van der Waals surface area contributed by atoms with E-state index in [-0.39, 0.29) is 0 Å². The van der Waals surface area contributed by atoms with Crippen molar-refractivity contribution in [3.63, 3.8) is 0 Å². The standard InChI is InChI=1S/C3H5Br2O/c1-3(5,6)2-4/h2H2,1H3. The van der Waals surface area contributed by atoms with Gasteiger partial charge in [0.2, 0.25) is 0 Å². The second kappa shape index (κ2) is 2.28. The summed E-state index contributed by atoms with van der Waals surface area (Å²) in [5.74, 6) is 0. The first-order valence-corrected chi connectivity index (χ1v) is 3.43. The van der Waals surface area contributed by atoms with Crippen molar-refractivity contribution in [1.82, 2.24) is 0 Å². The fraction of sp³-hybridized carbons (Fsp3) is 1.00. The summed E-state index contributed by atoms with van der Waals surface area (Å²) < 4.78 is -0.979. The van der Waals surface area contributed by atoms with Crippen LogP contribution in [0.1, 0.15) is 6.92 Å². The van der Waals surface area contributed by atoms with Gasteiger partial charge < -0.3 is 0 Å². The van der Waals surface area contributed by atoms with E-state index in [4.69, 9.17) is 0 Å². The number of alkyl halides is 2. The van der Waals surface area contributed by atoms with E-state index in [0.717, 1.165) is 0 Å². The maximum absolute atomic E-state index is 10.3. The van der Waals surface area contributed by atoms with Gasteiger partial charge >= 0.3 is 0 Å². The number of hydrogen-bond donors (Lipinski definition) is 0. The lowest BCUT2D eigenvalue weighted by Crippen LogP contribution is -2.12. The third-order valence-corrected chi connectivity index (χ3v) is 2.34. The lowest BCUT2D eigenvalue weighted by molar-refractivity contribution is 0.101. The molecule has 0 heterocycles. The van der Waals surface area contributed by atoms with E-state index < -0.39 is 4.51 Å². The summed E-state index contributed by atoms with van der Waals surface area (Å²) in [5, 5.41) is 10.8. The fourth-order valence-corrected chi connectivity index (χ4v) is 0. The predicted molar refractivity (Wildman–Crippen MR) is 31.8 cm³/mol. The first-order valence-electron chi connectivity index (χ1n) is 1.51. The zero-order valence-electron chi connectivity index (χ0n) is 3.37. The van der Waals surface area contributed by atoms with Crippen LogP contribution in [0.15, 0.2) is 0 Å². The lowest BCUT2D eigenvalue weighted by Gasteiger charge is -2.03. The Labute approximate surface area is 54.0 Å². The van der Waals surface area contributed by atoms with Gasteiger partial charge in [-0.3, -0.25) is 0 Å². The van der Waals surface area contributed by atoms with Gasteiger partial charge in [-0.25, -0.2) is 5.11 Å². The highest BCUT2D eigenvalue weighted by Gasteiger charge is 2.13. The van der Waals surface area contributed by atoms with E-state index in [9.17, 15) is 5.11 Å². The van der Waals surface area contributed by atoms with Crippen molar-refractivity contribution < 1.29 is 5.11 Å². The molecule has 0 spiro atoms. The molecule has 1 nitrogen and oxygen atoms in total. The molecule has 6 heavy (non-hydrogen) atoms. The van der Waals surface area contributed by atoms with Crippen LogP contribution in [0.4, 0.5) is 0 Å². The van der Waals surface area contributed by atoms with E-state index in [1.165, 1.54) is 0 Å². The normalized spacial score (nSPS) is 20.0. The minimum Gasteiger partial charge on any atom is -0.216 e. The van der Waals surface area contributed by atoms with Crippen LogP contribution in [0.5, 0.6) is 0 Å².